The lowest BCUT2D eigenvalue weighted by atomic mass is 10.2. The first-order valence-corrected chi connectivity index (χ1v) is 6.24. The molecule has 0 bridgehead atoms. The van der Waals surface area contributed by atoms with Crippen molar-refractivity contribution in [3.8, 4) is 23.5 Å². The summed E-state index contributed by atoms with van der Waals surface area (Å²) in [7, 11) is 1.51. The van der Waals surface area contributed by atoms with Gasteiger partial charge in [0.2, 0.25) is 5.88 Å². The Labute approximate surface area is 122 Å². The van der Waals surface area contributed by atoms with E-state index in [4.69, 9.17) is 14.6 Å². The number of rotatable bonds is 4. The normalized spacial score (nSPS) is 9.67. The SMILES string of the molecule is COc1ncccc1COc1cc(C#CCO)ccc1F. The van der Waals surface area contributed by atoms with Crippen molar-refractivity contribution in [2.75, 3.05) is 13.7 Å². The van der Waals surface area contributed by atoms with Crippen molar-refractivity contribution in [3.63, 3.8) is 0 Å². The van der Waals surface area contributed by atoms with Crippen LogP contribution >= 0.6 is 0 Å². The van der Waals surface area contributed by atoms with Crippen molar-refractivity contribution in [2.24, 2.45) is 0 Å². The monoisotopic (exact) mass is 287 g/mol. The smallest absolute Gasteiger partial charge is 0.219 e. The highest BCUT2D eigenvalue weighted by Crippen LogP contribution is 2.22. The second-order valence-electron chi connectivity index (χ2n) is 4.07. The Kier molecular flexibility index (Phi) is 5.13. The fourth-order valence-corrected chi connectivity index (χ4v) is 1.71. The van der Waals surface area contributed by atoms with Crippen LogP contribution in [0.25, 0.3) is 0 Å². The molecule has 1 aromatic carbocycles. The number of halogens is 1. The summed E-state index contributed by atoms with van der Waals surface area (Å²) in [5, 5.41) is 8.66. The Balaban J connectivity index is 2.15. The molecule has 0 radical (unpaired) electrons. The van der Waals surface area contributed by atoms with Gasteiger partial charge in [-0.05, 0) is 30.3 Å². The summed E-state index contributed by atoms with van der Waals surface area (Å²) < 4.78 is 24.3. The van der Waals surface area contributed by atoms with Gasteiger partial charge in [-0.3, -0.25) is 0 Å². The highest BCUT2D eigenvalue weighted by atomic mass is 19.1. The van der Waals surface area contributed by atoms with E-state index < -0.39 is 5.82 Å². The maximum atomic E-state index is 13.7. The molecular formula is C16H14FNO3. The standard InChI is InChI=1S/C16H14FNO3/c1-20-16-13(5-2-8-18-16)11-21-15-10-12(4-3-9-19)6-7-14(15)17/h2,5-8,10,19H,9,11H2,1H3. The Bertz CT molecular complexity index is 677. The van der Waals surface area contributed by atoms with Crippen LogP contribution in [0.1, 0.15) is 11.1 Å². The molecule has 0 spiro atoms. The van der Waals surface area contributed by atoms with Gasteiger partial charge < -0.3 is 14.6 Å². The van der Waals surface area contributed by atoms with E-state index in [1.807, 2.05) is 0 Å². The summed E-state index contributed by atoms with van der Waals surface area (Å²) in [4.78, 5) is 4.04. The maximum Gasteiger partial charge on any atom is 0.219 e. The number of hydrogen-bond donors (Lipinski definition) is 1. The molecule has 2 aromatic rings. The topological polar surface area (TPSA) is 51.6 Å². The van der Waals surface area contributed by atoms with Gasteiger partial charge >= 0.3 is 0 Å². The van der Waals surface area contributed by atoms with Gasteiger partial charge in [0.25, 0.3) is 0 Å². The van der Waals surface area contributed by atoms with Crippen LogP contribution in [0.15, 0.2) is 36.5 Å². The highest BCUT2D eigenvalue weighted by molar-refractivity contribution is 5.41. The van der Waals surface area contributed by atoms with E-state index in [0.717, 1.165) is 0 Å². The van der Waals surface area contributed by atoms with Crippen LogP contribution < -0.4 is 9.47 Å². The largest absolute Gasteiger partial charge is 0.486 e. The third-order valence-electron chi connectivity index (χ3n) is 2.67. The van der Waals surface area contributed by atoms with Crippen LogP contribution in [-0.4, -0.2) is 23.8 Å². The number of pyridine rings is 1. The van der Waals surface area contributed by atoms with Crippen LogP contribution in [0.2, 0.25) is 0 Å². The third kappa shape index (κ3) is 3.94. The number of aliphatic hydroxyl groups is 1. The number of nitrogens with zero attached hydrogens (tertiary/aromatic N) is 1. The quantitative estimate of drug-likeness (QED) is 0.875. The summed E-state index contributed by atoms with van der Waals surface area (Å²) in [6.45, 7) is -0.120. The summed E-state index contributed by atoms with van der Waals surface area (Å²) in [6.07, 6.45) is 1.61. The van der Waals surface area contributed by atoms with Gasteiger partial charge in [0.05, 0.1) is 12.7 Å². The zero-order valence-corrected chi connectivity index (χ0v) is 11.5. The molecule has 108 valence electrons. The summed E-state index contributed by atoms with van der Waals surface area (Å²) in [6, 6.07) is 7.83. The number of benzene rings is 1. The first-order valence-electron chi connectivity index (χ1n) is 6.24. The van der Waals surface area contributed by atoms with E-state index in [1.54, 1.807) is 18.3 Å². The van der Waals surface area contributed by atoms with Crippen LogP contribution in [0, 0.1) is 17.7 Å². The molecule has 21 heavy (non-hydrogen) atoms. The van der Waals surface area contributed by atoms with Gasteiger partial charge in [-0.2, -0.15) is 0 Å². The van der Waals surface area contributed by atoms with Crippen molar-refractivity contribution in [1.82, 2.24) is 4.98 Å². The zero-order valence-electron chi connectivity index (χ0n) is 11.5. The molecule has 0 unspecified atom stereocenters. The van der Waals surface area contributed by atoms with E-state index in [0.29, 0.717) is 17.0 Å². The summed E-state index contributed by atoms with van der Waals surface area (Å²) >= 11 is 0. The zero-order chi connectivity index (χ0) is 15.1. The highest BCUT2D eigenvalue weighted by Gasteiger charge is 2.08. The summed E-state index contributed by atoms with van der Waals surface area (Å²) in [5.74, 6) is 5.25. The molecular weight excluding hydrogens is 273 g/mol. The molecule has 0 saturated heterocycles. The van der Waals surface area contributed by atoms with Crippen molar-refractivity contribution in [2.45, 2.75) is 6.61 Å². The Morgan fingerprint density at radius 1 is 1.33 bits per heavy atom. The molecule has 0 amide bonds. The minimum atomic E-state index is -0.479. The number of methoxy groups -OCH3 is 1. The first kappa shape index (κ1) is 14.8. The van der Waals surface area contributed by atoms with Crippen molar-refractivity contribution >= 4 is 0 Å². The molecule has 0 fully saturated rings. The predicted molar refractivity (Wildman–Crippen MR) is 75.5 cm³/mol. The van der Waals surface area contributed by atoms with E-state index in [9.17, 15) is 4.39 Å². The van der Waals surface area contributed by atoms with Crippen LogP contribution in [0.3, 0.4) is 0 Å². The Morgan fingerprint density at radius 2 is 2.19 bits per heavy atom. The maximum absolute atomic E-state index is 13.7. The fourth-order valence-electron chi connectivity index (χ4n) is 1.71. The Hall–Kier alpha value is -2.58. The van der Waals surface area contributed by atoms with E-state index in [1.165, 1.54) is 25.3 Å². The molecule has 1 heterocycles. The van der Waals surface area contributed by atoms with Gasteiger partial charge in [0.1, 0.15) is 13.2 Å². The van der Waals surface area contributed by atoms with Gasteiger partial charge in [-0.25, -0.2) is 9.37 Å². The van der Waals surface area contributed by atoms with E-state index in [2.05, 4.69) is 16.8 Å². The molecule has 0 aliphatic carbocycles. The number of hydrogen-bond acceptors (Lipinski definition) is 4. The second-order valence-corrected chi connectivity index (χ2v) is 4.07. The molecule has 1 N–H and O–H groups in total. The van der Waals surface area contributed by atoms with Crippen molar-refractivity contribution in [1.29, 1.82) is 0 Å². The minimum absolute atomic E-state index is 0.0886. The molecule has 0 atom stereocenters. The second kappa shape index (κ2) is 7.27. The molecule has 4 nitrogen and oxygen atoms in total. The van der Waals surface area contributed by atoms with Crippen LogP contribution in [0.4, 0.5) is 4.39 Å². The lowest BCUT2D eigenvalue weighted by Gasteiger charge is -2.10. The van der Waals surface area contributed by atoms with Gasteiger partial charge in [-0.15, -0.1) is 0 Å². The van der Waals surface area contributed by atoms with Crippen LogP contribution in [-0.2, 0) is 6.61 Å². The molecule has 1 aromatic heterocycles. The average Bonchev–Trinajstić information content (AvgIpc) is 2.53. The number of aromatic nitrogens is 1. The van der Waals surface area contributed by atoms with Gasteiger partial charge in [-0.1, -0.05) is 11.8 Å². The number of ether oxygens (including phenoxy) is 2. The molecule has 0 saturated carbocycles. The molecule has 0 aliphatic heterocycles. The van der Waals surface area contributed by atoms with Crippen molar-refractivity contribution in [3.05, 3.63) is 53.5 Å². The molecule has 0 aliphatic rings. The third-order valence-corrected chi connectivity index (χ3v) is 2.67. The number of aliphatic hydroxyl groups excluding tert-OH is 1. The van der Waals surface area contributed by atoms with E-state index in [-0.39, 0.29) is 19.0 Å². The first-order chi connectivity index (χ1) is 10.2. The average molecular weight is 287 g/mol. The summed E-state index contributed by atoms with van der Waals surface area (Å²) in [5.41, 5.74) is 1.28. The van der Waals surface area contributed by atoms with Gasteiger partial charge in [0, 0.05) is 11.8 Å². The van der Waals surface area contributed by atoms with Crippen molar-refractivity contribution < 1.29 is 19.0 Å². The molecule has 2 rings (SSSR count). The van der Waals surface area contributed by atoms with Crippen LogP contribution in [0.5, 0.6) is 11.6 Å². The Morgan fingerprint density at radius 3 is 2.95 bits per heavy atom. The predicted octanol–water partition coefficient (Wildman–Crippen LogP) is 2.15. The van der Waals surface area contributed by atoms with Gasteiger partial charge in [0.15, 0.2) is 11.6 Å². The minimum Gasteiger partial charge on any atom is -0.486 e. The lowest BCUT2D eigenvalue weighted by Crippen LogP contribution is -2.01. The molecule has 5 heteroatoms. The fraction of sp³-hybridized carbons (Fsp3) is 0.188. The van der Waals surface area contributed by atoms with E-state index >= 15 is 0 Å². The lowest BCUT2D eigenvalue weighted by molar-refractivity contribution is 0.280.